The molecular formula is C27H54O. The summed E-state index contributed by atoms with van der Waals surface area (Å²) in [5.41, 5.74) is 0. The second-order valence-electron chi connectivity index (χ2n) is 10.9. The first kappa shape index (κ1) is 27.7. The SMILES string of the molecule is CC(C)CCCC(C)CCCC(C)C(=O)C(C)CCCC(C)CCCC(C)C. The van der Waals surface area contributed by atoms with Crippen molar-refractivity contribution in [1.82, 2.24) is 0 Å². The predicted octanol–water partition coefficient (Wildman–Crippen LogP) is 9.09. The van der Waals surface area contributed by atoms with Crippen molar-refractivity contribution >= 4 is 5.78 Å². The Morgan fingerprint density at radius 3 is 1.04 bits per heavy atom. The fourth-order valence-electron chi connectivity index (χ4n) is 4.35. The molecule has 4 atom stereocenters. The second kappa shape index (κ2) is 16.5. The zero-order valence-electron chi connectivity index (χ0n) is 20.9. The van der Waals surface area contributed by atoms with E-state index in [1.54, 1.807) is 0 Å². The molecule has 168 valence electrons. The van der Waals surface area contributed by atoms with Gasteiger partial charge in [0.25, 0.3) is 0 Å². The summed E-state index contributed by atoms with van der Waals surface area (Å²) in [4.78, 5) is 12.7. The van der Waals surface area contributed by atoms with Crippen molar-refractivity contribution in [2.45, 2.75) is 132 Å². The van der Waals surface area contributed by atoms with Crippen LogP contribution in [0.1, 0.15) is 132 Å². The molecule has 0 aromatic rings. The molecule has 1 nitrogen and oxygen atoms in total. The van der Waals surface area contributed by atoms with Crippen molar-refractivity contribution in [1.29, 1.82) is 0 Å². The van der Waals surface area contributed by atoms with Crippen molar-refractivity contribution in [2.24, 2.45) is 35.5 Å². The molecule has 0 N–H and O–H groups in total. The van der Waals surface area contributed by atoms with E-state index in [2.05, 4.69) is 55.4 Å². The molecule has 0 saturated heterocycles. The van der Waals surface area contributed by atoms with E-state index >= 15 is 0 Å². The van der Waals surface area contributed by atoms with Gasteiger partial charge in [-0.3, -0.25) is 4.79 Å². The van der Waals surface area contributed by atoms with Gasteiger partial charge in [-0.1, -0.05) is 120 Å². The highest BCUT2D eigenvalue weighted by molar-refractivity contribution is 5.82. The van der Waals surface area contributed by atoms with Gasteiger partial charge in [0.1, 0.15) is 5.78 Å². The number of hydrogen-bond acceptors (Lipinski definition) is 1. The number of carbonyl (C=O) groups excluding carboxylic acids is 1. The van der Waals surface area contributed by atoms with Crippen molar-refractivity contribution in [3.8, 4) is 0 Å². The summed E-state index contributed by atoms with van der Waals surface area (Å²) in [5.74, 6) is 4.30. The molecule has 0 aromatic carbocycles. The summed E-state index contributed by atoms with van der Waals surface area (Å²) in [7, 11) is 0. The Labute approximate surface area is 178 Å². The van der Waals surface area contributed by atoms with E-state index in [-0.39, 0.29) is 11.8 Å². The van der Waals surface area contributed by atoms with Crippen LogP contribution in [0.4, 0.5) is 0 Å². The van der Waals surface area contributed by atoms with E-state index in [4.69, 9.17) is 0 Å². The molecular weight excluding hydrogens is 340 g/mol. The van der Waals surface area contributed by atoms with Crippen LogP contribution in [0.2, 0.25) is 0 Å². The van der Waals surface area contributed by atoms with Gasteiger partial charge >= 0.3 is 0 Å². The summed E-state index contributed by atoms with van der Waals surface area (Å²) in [6, 6.07) is 0. The first-order valence-corrected chi connectivity index (χ1v) is 12.7. The Hall–Kier alpha value is -0.330. The van der Waals surface area contributed by atoms with E-state index < -0.39 is 0 Å². The molecule has 0 fully saturated rings. The standard InChI is InChI=1S/C27H54O/c1-21(2)13-9-15-23(5)17-11-19-25(7)27(28)26(8)20-12-18-24(6)16-10-14-22(3)4/h21-26H,9-20H2,1-8H3. The van der Waals surface area contributed by atoms with Gasteiger partial charge in [0.05, 0.1) is 0 Å². The third-order valence-corrected chi connectivity index (χ3v) is 6.60. The molecule has 0 heterocycles. The Morgan fingerprint density at radius 2 is 0.750 bits per heavy atom. The summed E-state index contributed by atoms with van der Waals surface area (Å²) in [5, 5.41) is 0. The number of ketones is 1. The van der Waals surface area contributed by atoms with Crippen LogP contribution in [-0.4, -0.2) is 5.78 Å². The van der Waals surface area contributed by atoms with E-state index in [1.807, 2.05) is 0 Å². The number of rotatable bonds is 18. The highest BCUT2D eigenvalue weighted by Crippen LogP contribution is 2.24. The normalized spacial score (nSPS) is 16.4. The van der Waals surface area contributed by atoms with Crippen molar-refractivity contribution in [2.75, 3.05) is 0 Å². The molecule has 0 saturated carbocycles. The Morgan fingerprint density at radius 1 is 0.464 bits per heavy atom. The topological polar surface area (TPSA) is 17.1 Å². The van der Waals surface area contributed by atoms with Crippen molar-refractivity contribution in [3.05, 3.63) is 0 Å². The lowest BCUT2D eigenvalue weighted by Gasteiger charge is -2.18. The lowest BCUT2D eigenvalue weighted by atomic mass is 9.86. The lowest BCUT2D eigenvalue weighted by molar-refractivity contribution is -0.126. The molecule has 4 unspecified atom stereocenters. The van der Waals surface area contributed by atoms with Gasteiger partial charge in [-0.15, -0.1) is 0 Å². The van der Waals surface area contributed by atoms with Crippen LogP contribution in [-0.2, 0) is 4.79 Å². The molecule has 0 bridgehead atoms. The molecule has 0 aliphatic rings. The minimum Gasteiger partial charge on any atom is -0.299 e. The van der Waals surface area contributed by atoms with Gasteiger partial charge in [-0.05, 0) is 36.5 Å². The minimum absolute atomic E-state index is 0.251. The summed E-state index contributed by atoms with van der Waals surface area (Å²) < 4.78 is 0. The molecule has 28 heavy (non-hydrogen) atoms. The third kappa shape index (κ3) is 15.6. The summed E-state index contributed by atoms with van der Waals surface area (Å²) in [6.45, 7) is 18.3. The van der Waals surface area contributed by atoms with Crippen LogP contribution in [0, 0.1) is 35.5 Å². The average molecular weight is 395 g/mol. The molecule has 0 amide bonds. The smallest absolute Gasteiger partial charge is 0.138 e. The van der Waals surface area contributed by atoms with Crippen LogP contribution < -0.4 is 0 Å². The number of carbonyl (C=O) groups is 1. The molecule has 0 radical (unpaired) electrons. The van der Waals surface area contributed by atoms with Gasteiger partial charge < -0.3 is 0 Å². The van der Waals surface area contributed by atoms with Crippen LogP contribution >= 0.6 is 0 Å². The van der Waals surface area contributed by atoms with Gasteiger partial charge in [0, 0.05) is 11.8 Å². The Balaban J connectivity index is 3.86. The quantitative estimate of drug-likeness (QED) is 0.226. The van der Waals surface area contributed by atoms with Crippen molar-refractivity contribution in [3.63, 3.8) is 0 Å². The maximum Gasteiger partial charge on any atom is 0.138 e. The zero-order valence-corrected chi connectivity index (χ0v) is 20.9. The van der Waals surface area contributed by atoms with Gasteiger partial charge in [-0.25, -0.2) is 0 Å². The molecule has 1 heteroatoms. The monoisotopic (exact) mass is 394 g/mol. The molecule has 0 aromatic heterocycles. The summed E-state index contributed by atoms with van der Waals surface area (Å²) in [6.07, 6.45) is 15.3. The van der Waals surface area contributed by atoms with Crippen molar-refractivity contribution < 1.29 is 4.79 Å². The van der Waals surface area contributed by atoms with Gasteiger partial charge in [0.2, 0.25) is 0 Å². The fourth-order valence-corrected chi connectivity index (χ4v) is 4.35. The lowest BCUT2D eigenvalue weighted by Crippen LogP contribution is -2.19. The minimum atomic E-state index is 0.251. The van der Waals surface area contributed by atoms with E-state index in [9.17, 15) is 4.79 Å². The van der Waals surface area contributed by atoms with Crippen LogP contribution in [0.25, 0.3) is 0 Å². The number of hydrogen-bond donors (Lipinski definition) is 0. The third-order valence-electron chi connectivity index (χ3n) is 6.60. The average Bonchev–Trinajstić information content (AvgIpc) is 2.60. The molecule has 0 aliphatic carbocycles. The maximum atomic E-state index is 12.7. The van der Waals surface area contributed by atoms with Gasteiger partial charge in [-0.2, -0.15) is 0 Å². The highest BCUT2D eigenvalue weighted by Gasteiger charge is 2.20. The first-order chi connectivity index (χ1) is 13.1. The first-order valence-electron chi connectivity index (χ1n) is 12.7. The fraction of sp³-hybridized carbons (Fsp3) is 0.963. The second-order valence-corrected chi connectivity index (χ2v) is 10.9. The van der Waals surface area contributed by atoms with Crippen LogP contribution in [0.3, 0.4) is 0 Å². The largest absolute Gasteiger partial charge is 0.299 e. The molecule has 0 aliphatic heterocycles. The maximum absolute atomic E-state index is 12.7. The van der Waals surface area contributed by atoms with E-state index in [1.165, 1.54) is 64.2 Å². The van der Waals surface area contributed by atoms with E-state index in [0.29, 0.717) is 5.78 Å². The Bertz CT molecular complexity index is 336. The summed E-state index contributed by atoms with van der Waals surface area (Å²) >= 11 is 0. The Kier molecular flexibility index (Phi) is 16.3. The zero-order chi connectivity index (χ0) is 21.5. The van der Waals surface area contributed by atoms with Crippen LogP contribution in [0.5, 0.6) is 0 Å². The molecule has 0 rings (SSSR count). The number of Topliss-reactive ketones (excluding diaryl/α,β-unsaturated/α-hetero) is 1. The van der Waals surface area contributed by atoms with Gasteiger partial charge in [0.15, 0.2) is 0 Å². The van der Waals surface area contributed by atoms with E-state index in [0.717, 1.165) is 36.5 Å². The van der Waals surface area contributed by atoms with Crippen LogP contribution in [0.15, 0.2) is 0 Å². The predicted molar refractivity (Wildman–Crippen MR) is 127 cm³/mol. The highest BCUT2D eigenvalue weighted by atomic mass is 16.1. The molecule has 0 spiro atoms.